The normalized spacial score (nSPS) is 38.2. The molecule has 0 aromatic rings. The van der Waals surface area contributed by atoms with Crippen LogP contribution in [0.25, 0.3) is 0 Å². The zero-order valence-electron chi connectivity index (χ0n) is 10.3. The molecule has 0 amide bonds. The number of hydrogen-bond acceptors (Lipinski definition) is 2. The van der Waals surface area contributed by atoms with Crippen molar-refractivity contribution < 1.29 is 0 Å². The van der Waals surface area contributed by atoms with Crippen LogP contribution in [0, 0.1) is 17.8 Å². The maximum absolute atomic E-state index is 5.97. The first-order valence-corrected chi connectivity index (χ1v) is 6.63. The molecule has 0 radical (unpaired) electrons. The SMILES string of the molecule is CC(CNC1(CN)CCCC1C)C1CC1. The van der Waals surface area contributed by atoms with Crippen molar-refractivity contribution >= 4 is 0 Å². The van der Waals surface area contributed by atoms with Crippen molar-refractivity contribution in [3.63, 3.8) is 0 Å². The van der Waals surface area contributed by atoms with Gasteiger partial charge in [-0.3, -0.25) is 0 Å². The van der Waals surface area contributed by atoms with Crippen molar-refractivity contribution in [2.24, 2.45) is 23.5 Å². The Morgan fingerprint density at radius 2 is 2.13 bits per heavy atom. The van der Waals surface area contributed by atoms with Crippen molar-refractivity contribution in [2.45, 2.75) is 51.5 Å². The highest BCUT2D eigenvalue weighted by Crippen LogP contribution is 2.38. The summed E-state index contributed by atoms with van der Waals surface area (Å²) in [6.45, 7) is 6.72. The van der Waals surface area contributed by atoms with E-state index in [2.05, 4.69) is 19.2 Å². The van der Waals surface area contributed by atoms with E-state index in [9.17, 15) is 0 Å². The molecule has 3 N–H and O–H groups in total. The molecule has 2 heteroatoms. The molecule has 2 rings (SSSR count). The molecular formula is C13H26N2. The molecule has 0 spiro atoms. The monoisotopic (exact) mass is 210 g/mol. The van der Waals surface area contributed by atoms with Crippen molar-refractivity contribution in [3.8, 4) is 0 Å². The van der Waals surface area contributed by atoms with E-state index in [1.807, 2.05) is 0 Å². The van der Waals surface area contributed by atoms with Crippen LogP contribution in [0.1, 0.15) is 46.0 Å². The van der Waals surface area contributed by atoms with Gasteiger partial charge in [0, 0.05) is 12.1 Å². The van der Waals surface area contributed by atoms with Crippen molar-refractivity contribution in [3.05, 3.63) is 0 Å². The standard InChI is InChI=1S/C13H26N2/c1-10(12-5-6-12)8-15-13(9-14)7-3-4-11(13)2/h10-12,15H,3-9,14H2,1-2H3. The van der Waals surface area contributed by atoms with E-state index in [1.165, 1.54) is 38.6 Å². The molecule has 2 fully saturated rings. The van der Waals surface area contributed by atoms with Crippen LogP contribution >= 0.6 is 0 Å². The van der Waals surface area contributed by atoms with E-state index < -0.39 is 0 Å². The van der Waals surface area contributed by atoms with Gasteiger partial charge in [-0.05, 0) is 50.0 Å². The minimum atomic E-state index is 0.267. The fourth-order valence-corrected chi connectivity index (χ4v) is 3.08. The van der Waals surface area contributed by atoms with Gasteiger partial charge in [-0.15, -0.1) is 0 Å². The lowest BCUT2D eigenvalue weighted by Crippen LogP contribution is -2.54. The summed E-state index contributed by atoms with van der Waals surface area (Å²) in [4.78, 5) is 0. The summed E-state index contributed by atoms with van der Waals surface area (Å²) in [5.74, 6) is 2.61. The van der Waals surface area contributed by atoms with Crippen LogP contribution in [-0.2, 0) is 0 Å². The molecule has 0 aliphatic heterocycles. The molecule has 0 heterocycles. The maximum atomic E-state index is 5.97. The summed E-state index contributed by atoms with van der Waals surface area (Å²) in [6, 6.07) is 0. The minimum absolute atomic E-state index is 0.267. The lowest BCUT2D eigenvalue weighted by Gasteiger charge is -2.35. The Labute approximate surface area is 94.0 Å². The van der Waals surface area contributed by atoms with Gasteiger partial charge in [-0.1, -0.05) is 20.3 Å². The molecule has 0 aromatic heterocycles. The molecule has 0 bridgehead atoms. The molecule has 15 heavy (non-hydrogen) atoms. The molecule has 2 aliphatic rings. The first kappa shape index (κ1) is 11.4. The number of rotatable bonds is 5. The lowest BCUT2D eigenvalue weighted by molar-refractivity contribution is 0.247. The summed E-state index contributed by atoms with van der Waals surface area (Å²) in [5, 5.41) is 3.79. The average molecular weight is 210 g/mol. The molecule has 0 aromatic carbocycles. The van der Waals surface area contributed by atoms with Gasteiger partial charge in [0.25, 0.3) is 0 Å². The first-order valence-electron chi connectivity index (χ1n) is 6.63. The van der Waals surface area contributed by atoms with Gasteiger partial charge in [0.05, 0.1) is 0 Å². The lowest BCUT2D eigenvalue weighted by atomic mass is 9.87. The fraction of sp³-hybridized carbons (Fsp3) is 1.00. The molecule has 2 aliphatic carbocycles. The molecule has 3 atom stereocenters. The van der Waals surface area contributed by atoms with Gasteiger partial charge in [-0.2, -0.15) is 0 Å². The van der Waals surface area contributed by atoms with Gasteiger partial charge in [0.1, 0.15) is 0 Å². The highest BCUT2D eigenvalue weighted by Gasteiger charge is 2.39. The van der Waals surface area contributed by atoms with Gasteiger partial charge in [0.15, 0.2) is 0 Å². The largest absolute Gasteiger partial charge is 0.329 e. The van der Waals surface area contributed by atoms with Crippen LogP contribution in [-0.4, -0.2) is 18.6 Å². The van der Waals surface area contributed by atoms with Crippen LogP contribution in [0.15, 0.2) is 0 Å². The van der Waals surface area contributed by atoms with E-state index in [0.29, 0.717) is 0 Å². The average Bonchev–Trinajstić information content (AvgIpc) is 3.01. The fourth-order valence-electron chi connectivity index (χ4n) is 3.08. The molecule has 88 valence electrons. The minimum Gasteiger partial charge on any atom is -0.329 e. The Kier molecular flexibility index (Phi) is 3.36. The van der Waals surface area contributed by atoms with E-state index in [-0.39, 0.29) is 5.54 Å². The van der Waals surface area contributed by atoms with E-state index in [0.717, 1.165) is 24.3 Å². The zero-order valence-corrected chi connectivity index (χ0v) is 10.3. The Hall–Kier alpha value is -0.0800. The maximum Gasteiger partial charge on any atom is 0.0329 e. The Bertz CT molecular complexity index is 213. The summed E-state index contributed by atoms with van der Waals surface area (Å²) in [5.41, 5.74) is 6.24. The molecule has 2 saturated carbocycles. The van der Waals surface area contributed by atoms with Crippen LogP contribution in [0.5, 0.6) is 0 Å². The first-order chi connectivity index (χ1) is 7.18. The smallest absolute Gasteiger partial charge is 0.0329 e. The Morgan fingerprint density at radius 3 is 2.60 bits per heavy atom. The number of nitrogens with two attached hydrogens (primary N) is 1. The molecular weight excluding hydrogens is 184 g/mol. The van der Waals surface area contributed by atoms with Crippen molar-refractivity contribution in [1.29, 1.82) is 0 Å². The van der Waals surface area contributed by atoms with Crippen LogP contribution in [0.4, 0.5) is 0 Å². The predicted molar refractivity (Wildman–Crippen MR) is 64.7 cm³/mol. The van der Waals surface area contributed by atoms with Crippen LogP contribution in [0.3, 0.4) is 0 Å². The molecule has 0 saturated heterocycles. The summed E-state index contributed by atoms with van der Waals surface area (Å²) >= 11 is 0. The summed E-state index contributed by atoms with van der Waals surface area (Å²) < 4.78 is 0. The van der Waals surface area contributed by atoms with Crippen LogP contribution < -0.4 is 11.1 Å². The Balaban J connectivity index is 1.84. The van der Waals surface area contributed by atoms with Gasteiger partial charge < -0.3 is 11.1 Å². The van der Waals surface area contributed by atoms with Gasteiger partial charge in [0.2, 0.25) is 0 Å². The van der Waals surface area contributed by atoms with E-state index in [1.54, 1.807) is 0 Å². The third-order valence-corrected chi connectivity index (χ3v) is 4.77. The van der Waals surface area contributed by atoms with Crippen molar-refractivity contribution in [2.75, 3.05) is 13.1 Å². The summed E-state index contributed by atoms with van der Waals surface area (Å²) in [6.07, 6.45) is 6.88. The second-order valence-corrected chi connectivity index (χ2v) is 5.85. The quantitative estimate of drug-likeness (QED) is 0.729. The van der Waals surface area contributed by atoms with E-state index in [4.69, 9.17) is 5.73 Å². The third-order valence-electron chi connectivity index (χ3n) is 4.77. The highest BCUT2D eigenvalue weighted by atomic mass is 15.0. The van der Waals surface area contributed by atoms with Crippen LogP contribution in [0.2, 0.25) is 0 Å². The highest BCUT2D eigenvalue weighted by molar-refractivity contribution is 4.99. The second-order valence-electron chi connectivity index (χ2n) is 5.85. The molecule has 2 nitrogen and oxygen atoms in total. The van der Waals surface area contributed by atoms with E-state index >= 15 is 0 Å². The Morgan fingerprint density at radius 1 is 1.40 bits per heavy atom. The topological polar surface area (TPSA) is 38.0 Å². The number of hydrogen-bond donors (Lipinski definition) is 2. The molecule has 3 unspecified atom stereocenters. The summed E-state index contributed by atoms with van der Waals surface area (Å²) in [7, 11) is 0. The van der Waals surface area contributed by atoms with Crippen molar-refractivity contribution in [1.82, 2.24) is 5.32 Å². The van der Waals surface area contributed by atoms with Gasteiger partial charge >= 0.3 is 0 Å². The van der Waals surface area contributed by atoms with Gasteiger partial charge in [-0.25, -0.2) is 0 Å². The predicted octanol–water partition coefficient (Wildman–Crippen LogP) is 2.14. The number of nitrogens with one attached hydrogen (secondary N) is 1. The third kappa shape index (κ3) is 2.36. The second kappa shape index (κ2) is 4.42. The zero-order chi connectivity index (χ0) is 10.9.